The number of aryl methyl sites for hydroxylation is 1. The third kappa shape index (κ3) is 2.92. The van der Waals surface area contributed by atoms with E-state index >= 15 is 0 Å². The number of H-pyrrole nitrogens is 1. The zero-order valence-corrected chi connectivity index (χ0v) is 16.9. The van der Waals surface area contributed by atoms with Gasteiger partial charge < -0.3 is 10.3 Å². The molecule has 0 aliphatic rings. The van der Waals surface area contributed by atoms with E-state index in [0.717, 1.165) is 5.69 Å². The molecule has 0 spiro atoms. The first-order valence-corrected chi connectivity index (χ1v) is 10.1. The van der Waals surface area contributed by atoms with Gasteiger partial charge in [0.1, 0.15) is 17.7 Å². The molecule has 0 aliphatic carbocycles. The zero-order chi connectivity index (χ0) is 20.8. The minimum Gasteiger partial charge on any atom is -0.360 e. The average Bonchev–Trinajstić information content (AvgIpc) is 3.35. The highest BCUT2D eigenvalue weighted by Crippen LogP contribution is 2.29. The van der Waals surface area contributed by atoms with E-state index in [0.29, 0.717) is 38.8 Å². The lowest BCUT2D eigenvalue weighted by Gasteiger charge is -2.18. The predicted octanol–water partition coefficient (Wildman–Crippen LogP) is 3.71. The molecule has 10 heteroatoms. The van der Waals surface area contributed by atoms with Crippen molar-refractivity contribution in [2.45, 2.75) is 19.9 Å². The number of thiazole rings is 1. The van der Waals surface area contributed by atoms with Crippen LogP contribution < -0.4 is 10.9 Å². The van der Waals surface area contributed by atoms with E-state index in [9.17, 15) is 9.18 Å². The van der Waals surface area contributed by atoms with Crippen LogP contribution >= 0.6 is 11.3 Å². The summed E-state index contributed by atoms with van der Waals surface area (Å²) in [5.41, 5.74) is 3.06. The number of nitrogens with zero attached hydrogens (tertiary/aromatic N) is 5. The number of nitrogens with one attached hydrogen (secondary N) is 2. The van der Waals surface area contributed by atoms with E-state index in [2.05, 4.69) is 25.3 Å². The maximum atomic E-state index is 14.0. The summed E-state index contributed by atoms with van der Waals surface area (Å²) in [5, 5.41) is 5.15. The number of aromatic amines is 1. The van der Waals surface area contributed by atoms with E-state index in [4.69, 9.17) is 4.98 Å². The van der Waals surface area contributed by atoms with Crippen LogP contribution in [0.4, 0.5) is 10.2 Å². The molecule has 2 N–H and O–H groups in total. The van der Waals surface area contributed by atoms with Gasteiger partial charge >= 0.3 is 0 Å². The van der Waals surface area contributed by atoms with Gasteiger partial charge in [-0.3, -0.25) is 9.20 Å². The van der Waals surface area contributed by atoms with Crippen LogP contribution in [0.1, 0.15) is 24.4 Å². The fourth-order valence-electron chi connectivity index (χ4n) is 3.47. The third-order valence-corrected chi connectivity index (χ3v) is 5.81. The van der Waals surface area contributed by atoms with Gasteiger partial charge in [0, 0.05) is 11.1 Å². The van der Waals surface area contributed by atoms with Crippen molar-refractivity contribution in [2.75, 3.05) is 5.32 Å². The maximum Gasteiger partial charge on any atom is 0.266 e. The van der Waals surface area contributed by atoms with Crippen LogP contribution in [0, 0.1) is 12.7 Å². The topological polar surface area (TPSA) is 101 Å². The monoisotopic (exact) mass is 421 g/mol. The highest BCUT2D eigenvalue weighted by Gasteiger charge is 2.22. The lowest BCUT2D eigenvalue weighted by Crippen LogP contribution is -2.23. The smallest absolute Gasteiger partial charge is 0.266 e. The second-order valence-corrected chi connectivity index (χ2v) is 7.71. The number of benzene rings is 1. The van der Waals surface area contributed by atoms with Crippen LogP contribution in [0.3, 0.4) is 0 Å². The van der Waals surface area contributed by atoms with E-state index in [1.807, 2.05) is 19.2 Å². The van der Waals surface area contributed by atoms with Crippen molar-refractivity contribution in [3.63, 3.8) is 0 Å². The first kappa shape index (κ1) is 18.4. The summed E-state index contributed by atoms with van der Waals surface area (Å²) in [7, 11) is 0. The van der Waals surface area contributed by atoms with Crippen molar-refractivity contribution in [2.24, 2.45) is 0 Å². The number of hydrogen-bond acceptors (Lipinski definition) is 7. The number of rotatable bonds is 4. The molecular weight excluding hydrogens is 405 g/mol. The Balaban J connectivity index is 1.70. The Morgan fingerprint density at radius 2 is 2.13 bits per heavy atom. The molecular formula is C20H16FN7OS. The third-order valence-electron chi connectivity index (χ3n) is 4.86. The van der Waals surface area contributed by atoms with Gasteiger partial charge in [0.05, 0.1) is 23.6 Å². The first-order valence-electron chi connectivity index (χ1n) is 9.20. The lowest BCUT2D eigenvalue weighted by atomic mass is 10.0. The second-order valence-electron chi connectivity index (χ2n) is 6.87. The first-order chi connectivity index (χ1) is 14.5. The summed E-state index contributed by atoms with van der Waals surface area (Å²) < 4.78 is 15.5. The van der Waals surface area contributed by atoms with Gasteiger partial charge in [-0.2, -0.15) is 0 Å². The molecule has 0 bridgehead atoms. The Morgan fingerprint density at radius 1 is 1.27 bits per heavy atom. The van der Waals surface area contributed by atoms with Crippen LogP contribution in [0.5, 0.6) is 0 Å². The summed E-state index contributed by atoms with van der Waals surface area (Å²) >= 11 is 1.38. The van der Waals surface area contributed by atoms with Gasteiger partial charge in [0.25, 0.3) is 5.56 Å². The Bertz CT molecular complexity index is 1450. The number of anilines is 1. The summed E-state index contributed by atoms with van der Waals surface area (Å²) in [5.74, 6) is 0.0999. The van der Waals surface area contributed by atoms with Crippen molar-refractivity contribution in [3.8, 4) is 11.1 Å². The highest BCUT2D eigenvalue weighted by atomic mass is 32.1. The van der Waals surface area contributed by atoms with Crippen molar-refractivity contribution >= 4 is 33.3 Å². The van der Waals surface area contributed by atoms with E-state index in [-0.39, 0.29) is 5.56 Å². The maximum absolute atomic E-state index is 14.0. The summed E-state index contributed by atoms with van der Waals surface area (Å²) in [4.78, 5) is 34.3. The molecule has 0 unspecified atom stereocenters. The van der Waals surface area contributed by atoms with Crippen LogP contribution in [-0.4, -0.2) is 29.3 Å². The second kappa shape index (κ2) is 6.99. The normalized spacial score (nSPS) is 12.5. The number of aromatic nitrogens is 6. The quantitative estimate of drug-likeness (QED) is 0.459. The molecule has 5 aromatic rings. The van der Waals surface area contributed by atoms with Gasteiger partial charge in [0.2, 0.25) is 0 Å². The van der Waals surface area contributed by atoms with Crippen molar-refractivity contribution in [3.05, 3.63) is 69.9 Å². The Kier molecular flexibility index (Phi) is 4.28. The van der Waals surface area contributed by atoms with Crippen LogP contribution in [-0.2, 0) is 0 Å². The van der Waals surface area contributed by atoms with Gasteiger partial charge in [-0.25, -0.2) is 24.3 Å². The van der Waals surface area contributed by atoms with E-state index in [1.165, 1.54) is 29.8 Å². The molecule has 5 rings (SSSR count). The minimum atomic E-state index is -0.417. The molecule has 150 valence electrons. The SMILES string of the molecule is Cc1csc2nc([C@@H](C)Nc3ncnc4[nH]cnc34)c(-c3cccc(F)c3)c(=O)n12. The average molecular weight is 421 g/mol. The number of imidazole rings is 1. The minimum absolute atomic E-state index is 0.236. The predicted molar refractivity (Wildman–Crippen MR) is 113 cm³/mol. The molecule has 0 saturated heterocycles. The molecule has 4 heterocycles. The van der Waals surface area contributed by atoms with Crippen molar-refractivity contribution in [1.82, 2.24) is 29.3 Å². The van der Waals surface area contributed by atoms with Crippen LogP contribution in [0.15, 0.2) is 47.1 Å². The van der Waals surface area contributed by atoms with Gasteiger partial charge in [0.15, 0.2) is 16.4 Å². The fourth-order valence-corrected chi connectivity index (χ4v) is 4.34. The molecule has 0 fully saturated rings. The molecule has 1 aromatic carbocycles. The number of halogens is 1. The lowest BCUT2D eigenvalue weighted by molar-refractivity contribution is 0.628. The van der Waals surface area contributed by atoms with Crippen molar-refractivity contribution < 1.29 is 4.39 Å². The molecule has 8 nitrogen and oxygen atoms in total. The largest absolute Gasteiger partial charge is 0.360 e. The highest BCUT2D eigenvalue weighted by molar-refractivity contribution is 7.15. The summed E-state index contributed by atoms with van der Waals surface area (Å²) in [6.45, 7) is 3.72. The van der Waals surface area contributed by atoms with Crippen LogP contribution in [0.25, 0.3) is 27.3 Å². The molecule has 4 aromatic heterocycles. The Hall–Kier alpha value is -3.66. The molecule has 0 radical (unpaired) electrons. The summed E-state index contributed by atoms with van der Waals surface area (Å²) in [6.07, 6.45) is 2.97. The van der Waals surface area contributed by atoms with Crippen molar-refractivity contribution in [1.29, 1.82) is 0 Å². The Labute approximate surface area is 173 Å². The zero-order valence-electron chi connectivity index (χ0n) is 16.0. The van der Waals surface area contributed by atoms with Gasteiger partial charge in [-0.15, -0.1) is 11.3 Å². The Morgan fingerprint density at radius 3 is 2.97 bits per heavy atom. The van der Waals surface area contributed by atoms with E-state index in [1.54, 1.807) is 22.9 Å². The molecule has 0 saturated carbocycles. The van der Waals surface area contributed by atoms with Gasteiger partial charge in [-0.1, -0.05) is 12.1 Å². The molecule has 0 amide bonds. The summed E-state index contributed by atoms with van der Waals surface area (Å²) in [6, 6.07) is 5.58. The molecule has 0 aliphatic heterocycles. The fraction of sp³-hybridized carbons (Fsp3) is 0.150. The van der Waals surface area contributed by atoms with Gasteiger partial charge in [-0.05, 0) is 31.5 Å². The van der Waals surface area contributed by atoms with E-state index < -0.39 is 11.9 Å². The number of fused-ring (bicyclic) bond motifs is 2. The molecule has 30 heavy (non-hydrogen) atoms. The van der Waals surface area contributed by atoms with Crippen LogP contribution in [0.2, 0.25) is 0 Å². The molecule has 1 atom stereocenters. The number of hydrogen-bond donors (Lipinski definition) is 2. The standard InChI is InChI=1S/C20H16FN7OS/c1-10-7-30-20-27-15(11(2)26-18-16-17(23-8-22-16)24-9-25-18)14(19(29)28(10)20)12-4-3-5-13(21)6-12/h3-9,11H,1-2H3,(H2,22,23,24,25,26)/t11-/m1/s1.